The Hall–Kier alpha value is -8.74. The molecule has 0 saturated carbocycles. The van der Waals surface area contributed by atoms with Crippen LogP contribution in [0.1, 0.15) is 76.5 Å². The summed E-state index contributed by atoms with van der Waals surface area (Å²) in [6.07, 6.45) is 8.35. The summed E-state index contributed by atoms with van der Waals surface area (Å²) in [5.41, 5.74) is 0.0919. The van der Waals surface area contributed by atoms with Gasteiger partial charge in [-0.1, -0.05) is 32.4 Å². The van der Waals surface area contributed by atoms with Crippen molar-refractivity contribution in [1.82, 2.24) is 0 Å². The fourth-order valence-corrected chi connectivity index (χ4v) is 4.88. The van der Waals surface area contributed by atoms with Crippen LogP contribution in [0.25, 0.3) is 0 Å². The van der Waals surface area contributed by atoms with Crippen LogP contribution in [0.2, 0.25) is 0 Å². The Balaban J connectivity index is 0.000000787. The molecule has 0 heterocycles. The number of allylic oxidation sites excluding steroid dienone is 3. The number of carbonyl (C=O) groups is 8. The molecule has 0 aliphatic rings. The predicted octanol–water partition coefficient (Wildman–Crippen LogP) is 9.08. The van der Waals surface area contributed by atoms with E-state index < -0.39 is 42.2 Å². The minimum absolute atomic E-state index is 0.0143. The van der Waals surface area contributed by atoms with Crippen LogP contribution in [0.4, 0.5) is 9.59 Å². The number of unbranched alkanes of at least 4 members (excludes halogenated alkanes) is 3. The van der Waals surface area contributed by atoms with Gasteiger partial charge in [-0.25, -0.2) is 33.6 Å². The fraction of sp³-hybridized carbons (Fsp3) is 0.255. The second-order valence-corrected chi connectivity index (χ2v) is 13.6. The van der Waals surface area contributed by atoms with Crippen LogP contribution in [-0.2, 0) is 47.5 Å². The number of aldehydes is 1. The first kappa shape index (κ1) is 57.4. The van der Waals surface area contributed by atoms with Gasteiger partial charge in [0.05, 0.1) is 56.3 Å². The third-order valence-corrected chi connectivity index (χ3v) is 8.28. The molecular formula is C51H54O19. The van der Waals surface area contributed by atoms with E-state index >= 15 is 0 Å². The highest BCUT2D eigenvalue weighted by atomic mass is 16.7. The first-order chi connectivity index (χ1) is 33.7. The zero-order valence-electron chi connectivity index (χ0n) is 38.6. The van der Waals surface area contributed by atoms with Gasteiger partial charge in [0.2, 0.25) is 0 Å². The molecule has 19 heteroatoms. The van der Waals surface area contributed by atoms with Gasteiger partial charge >= 0.3 is 42.2 Å². The number of hydrogen-bond donors (Lipinski definition) is 0. The Morgan fingerprint density at radius 2 is 0.871 bits per heavy atom. The number of carbonyl (C=O) groups excluding carboxylic acids is 8. The van der Waals surface area contributed by atoms with Crippen molar-refractivity contribution in [1.29, 1.82) is 0 Å². The standard InChI is InChI=1S/C37H34O15.C14H20O4/c1-3-32(39)45-19-5-7-21-47-36(43)50-28-13-9-25(10-14-28)34(41)49-30-17-18-31(27(23-30)24-38)52-35(42)26-11-15-29(16-12-26)51-37(44)48-22-8-6-20-46-33(40)4-2;1-5-9-12(3)18-13(4)16-10-7-8-11-17-14(15)6-2/h3-4,9-18,23-24H,1-2,5-8,19-22H2;5-6,9H,1-2,4,7-8,10-11H2,3H3/b;12-9+. The lowest BCUT2D eigenvalue weighted by molar-refractivity contribution is -0.138. The average Bonchev–Trinajstić information content (AvgIpc) is 3.35. The van der Waals surface area contributed by atoms with Gasteiger partial charge in [0.1, 0.15) is 28.8 Å². The van der Waals surface area contributed by atoms with Crippen LogP contribution in [-0.4, -0.2) is 88.1 Å². The second kappa shape index (κ2) is 33.7. The summed E-state index contributed by atoms with van der Waals surface area (Å²) in [6.45, 7) is 20.0. The van der Waals surface area contributed by atoms with Crippen LogP contribution < -0.4 is 18.9 Å². The van der Waals surface area contributed by atoms with E-state index in [9.17, 15) is 38.4 Å². The molecule has 0 aromatic heterocycles. The number of benzene rings is 3. The average molecular weight is 971 g/mol. The first-order valence-electron chi connectivity index (χ1n) is 21.3. The van der Waals surface area contributed by atoms with Crippen molar-refractivity contribution in [2.45, 2.75) is 45.4 Å². The Kier molecular flexibility index (Phi) is 27.6. The van der Waals surface area contributed by atoms with Crippen molar-refractivity contribution in [3.63, 3.8) is 0 Å². The number of esters is 5. The largest absolute Gasteiger partial charge is 0.513 e. The molecule has 0 N–H and O–H groups in total. The number of ether oxygens (including phenoxy) is 11. The van der Waals surface area contributed by atoms with Crippen LogP contribution in [0, 0.1) is 0 Å². The molecule has 0 radical (unpaired) electrons. The summed E-state index contributed by atoms with van der Waals surface area (Å²) < 4.78 is 55.6. The molecule has 0 spiro atoms. The normalized spacial score (nSPS) is 10.2. The predicted molar refractivity (Wildman–Crippen MR) is 250 cm³/mol. The van der Waals surface area contributed by atoms with Gasteiger partial charge in [-0.2, -0.15) is 0 Å². The maximum absolute atomic E-state index is 12.7. The molecule has 70 heavy (non-hydrogen) atoms. The summed E-state index contributed by atoms with van der Waals surface area (Å²) >= 11 is 0. The highest BCUT2D eigenvalue weighted by molar-refractivity contribution is 5.94. The van der Waals surface area contributed by atoms with Gasteiger partial charge in [0, 0.05) is 18.2 Å². The van der Waals surface area contributed by atoms with Crippen molar-refractivity contribution in [3.05, 3.63) is 158 Å². The van der Waals surface area contributed by atoms with E-state index in [1.807, 2.05) is 0 Å². The minimum atomic E-state index is -0.964. The van der Waals surface area contributed by atoms with Crippen molar-refractivity contribution >= 4 is 48.4 Å². The second-order valence-electron chi connectivity index (χ2n) is 13.6. The molecule has 3 aromatic carbocycles. The van der Waals surface area contributed by atoms with E-state index in [0.717, 1.165) is 24.6 Å². The fourth-order valence-electron chi connectivity index (χ4n) is 4.88. The molecular weight excluding hydrogens is 917 g/mol. The van der Waals surface area contributed by atoms with Gasteiger partial charge in [-0.05, 0) is 125 Å². The Labute approximate surface area is 404 Å². The molecule has 0 fully saturated rings. The van der Waals surface area contributed by atoms with E-state index in [1.165, 1.54) is 66.7 Å². The lowest BCUT2D eigenvalue weighted by Gasteiger charge is -2.10. The third kappa shape index (κ3) is 24.7. The zero-order valence-corrected chi connectivity index (χ0v) is 38.6. The van der Waals surface area contributed by atoms with Gasteiger partial charge in [0.25, 0.3) is 5.95 Å². The maximum Gasteiger partial charge on any atom is 0.513 e. The van der Waals surface area contributed by atoms with Gasteiger partial charge in [-0.15, -0.1) is 0 Å². The smallest absolute Gasteiger partial charge is 0.466 e. The monoisotopic (exact) mass is 970 g/mol. The van der Waals surface area contributed by atoms with E-state index in [1.54, 1.807) is 19.1 Å². The SMILES string of the molecule is C=C/C=C(\C)OC(=C)OCCCCOC(=O)C=C.C=CC(=O)OCCCCOC(=O)Oc1ccc(C(=O)Oc2ccc(OC(=O)c3ccc(OC(=O)OCCCCOC(=O)C=C)cc3)c(C=O)c2)cc1. The van der Waals surface area contributed by atoms with Gasteiger partial charge in [-0.3, -0.25) is 4.79 Å². The molecule has 372 valence electrons. The molecule has 0 bridgehead atoms. The lowest BCUT2D eigenvalue weighted by atomic mass is 10.2. The topological polar surface area (TPSA) is 238 Å². The Morgan fingerprint density at radius 1 is 0.486 bits per heavy atom. The van der Waals surface area contributed by atoms with Crippen molar-refractivity contribution in [2.75, 3.05) is 39.6 Å². The molecule has 0 aliphatic heterocycles. The van der Waals surface area contributed by atoms with Crippen LogP contribution in [0.15, 0.2) is 142 Å². The highest BCUT2D eigenvalue weighted by Crippen LogP contribution is 2.26. The highest BCUT2D eigenvalue weighted by Gasteiger charge is 2.17. The lowest BCUT2D eigenvalue weighted by Crippen LogP contribution is -2.13. The summed E-state index contributed by atoms with van der Waals surface area (Å²) in [6, 6.07) is 14.6. The van der Waals surface area contributed by atoms with E-state index in [-0.39, 0.29) is 72.1 Å². The summed E-state index contributed by atoms with van der Waals surface area (Å²) in [4.78, 5) is 93.6. The molecule has 19 nitrogen and oxygen atoms in total. The molecule has 0 unspecified atom stereocenters. The van der Waals surface area contributed by atoms with Crippen molar-refractivity contribution in [3.8, 4) is 23.0 Å². The van der Waals surface area contributed by atoms with Gasteiger partial charge < -0.3 is 52.1 Å². The maximum atomic E-state index is 12.7. The molecule has 3 rings (SSSR count). The molecule has 0 saturated heterocycles. The molecule has 0 atom stereocenters. The van der Waals surface area contributed by atoms with Crippen LogP contribution in [0.3, 0.4) is 0 Å². The summed E-state index contributed by atoms with van der Waals surface area (Å²) in [5.74, 6) is -2.10. The Bertz CT molecular complexity index is 2310. The van der Waals surface area contributed by atoms with Gasteiger partial charge in [0.15, 0.2) is 6.29 Å². The van der Waals surface area contributed by atoms with Crippen molar-refractivity contribution < 1.29 is 90.5 Å². The van der Waals surface area contributed by atoms with Crippen molar-refractivity contribution in [2.24, 2.45) is 0 Å². The summed E-state index contributed by atoms with van der Waals surface area (Å²) in [5, 5.41) is 0. The number of rotatable bonds is 29. The number of hydrogen-bond acceptors (Lipinski definition) is 19. The molecule has 0 amide bonds. The van der Waals surface area contributed by atoms with E-state index in [4.69, 9.17) is 52.1 Å². The van der Waals surface area contributed by atoms with E-state index in [0.29, 0.717) is 57.4 Å². The van der Waals surface area contributed by atoms with Crippen LogP contribution >= 0.6 is 0 Å². The zero-order chi connectivity index (χ0) is 51.5. The van der Waals surface area contributed by atoms with E-state index in [2.05, 4.69) is 32.9 Å². The Morgan fingerprint density at radius 3 is 1.27 bits per heavy atom. The molecule has 0 aliphatic carbocycles. The van der Waals surface area contributed by atoms with Crippen LogP contribution in [0.5, 0.6) is 23.0 Å². The third-order valence-electron chi connectivity index (χ3n) is 8.28. The minimum Gasteiger partial charge on any atom is -0.466 e. The summed E-state index contributed by atoms with van der Waals surface area (Å²) in [7, 11) is 0. The molecule has 3 aromatic rings. The first-order valence-corrected chi connectivity index (χ1v) is 21.3. The quantitative estimate of drug-likeness (QED) is 0.00725.